The molecule has 0 atom stereocenters. The highest BCUT2D eigenvalue weighted by molar-refractivity contribution is 8.11. The third-order valence-corrected chi connectivity index (χ3v) is 3.95. The zero-order valence-corrected chi connectivity index (χ0v) is 9.77. The summed E-state index contributed by atoms with van der Waals surface area (Å²) in [4.78, 5) is 0. The average molecular weight is 244 g/mol. The summed E-state index contributed by atoms with van der Waals surface area (Å²) in [6.07, 6.45) is 1.34. The Morgan fingerprint density at radius 2 is 1.93 bits per heavy atom. The van der Waals surface area contributed by atoms with Crippen LogP contribution >= 0.6 is 10.7 Å². The van der Waals surface area contributed by atoms with Gasteiger partial charge in [-0.15, -0.1) is 0 Å². The second-order valence-corrected chi connectivity index (χ2v) is 5.71. The fourth-order valence-corrected chi connectivity index (χ4v) is 2.61. The molecule has 1 rings (SSSR count). The Morgan fingerprint density at radius 3 is 2.36 bits per heavy atom. The summed E-state index contributed by atoms with van der Waals surface area (Å²) in [5.74, 6) is -0.847. The van der Waals surface area contributed by atoms with Crippen LogP contribution in [-0.4, -0.2) is 45.8 Å². The minimum atomic E-state index is -3.67. The summed E-state index contributed by atoms with van der Waals surface area (Å²) in [6.45, 7) is 0.562. The number of rotatable bonds is 3. The maximum atomic E-state index is 11.1. The van der Waals surface area contributed by atoms with Gasteiger partial charge in [0.05, 0.1) is 6.54 Å². The van der Waals surface area contributed by atoms with E-state index in [2.05, 4.69) is 0 Å². The lowest BCUT2D eigenvalue weighted by Crippen LogP contribution is -2.51. The minimum absolute atomic E-state index is 0.145. The van der Waals surface area contributed by atoms with E-state index < -0.39 is 15.0 Å². The van der Waals surface area contributed by atoms with E-state index in [-0.39, 0.29) is 6.54 Å². The third-order valence-electron chi connectivity index (χ3n) is 2.43. The first-order valence-corrected chi connectivity index (χ1v) is 6.50. The molecule has 5 nitrogen and oxygen atoms in total. The summed E-state index contributed by atoms with van der Waals surface area (Å²) < 4.78 is 33.7. The highest BCUT2D eigenvalue weighted by Gasteiger charge is 2.39. The Bertz CT molecular complexity index is 288. The molecular formula is C7H14ClNO4S. The van der Waals surface area contributed by atoms with Crippen molar-refractivity contribution in [2.45, 2.75) is 18.6 Å². The lowest BCUT2D eigenvalue weighted by atomic mass is 10.1. The molecule has 0 unspecified atom stereocenters. The first-order chi connectivity index (χ1) is 6.43. The summed E-state index contributed by atoms with van der Waals surface area (Å²) >= 11 is 0. The normalized spacial score (nSPS) is 23.6. The largest absolute Gasteiger partial charge is 0.352 e. The molecule has 0 aromatic heterocycles. The maximum absolute atomic E-state index is 11.1. The summed E-state index contributed by atoms with van der Waals surface area (Å²) in [6, 6.07) is 0. The van der Waals surface area contributed by atoms with Gasteiger partial charge in [-0.25, -0.2) is 0 Å². The molecule has 0 saturated carbocycles. The number of nitrogens with zero attached hydrogens (tertiary/aromatic N) is 1. The molecule has 1 heterocycles. The van der Waals surface area contributed by atoms with Gasteiger partial charge in [0.2, 0.25) is 0 Å². The fraction of sp³-hybridized carbons (Fsp3) is 1.00. The van der Waals surface area contributed by atoms with Crippen molar-refractivity contribution in [3.63, 3.8) is 0 Å². The number of methoxy groups -OCH3 is 2. The highest BCUT2D eigenvalue weighted by Crippen LogP contribution is 2.27. The van der Waals surface area contributed by atoms with Crippen molar-refractivity contribution in [1.82, 2.24) is 4.31 Å². The van der Waals surface area contributed by atoms with Gasteiger partial charge >= 0.3 is 0 Å². The molecule has 0 amide bonds. The molecule has 14 heavy (non-hydrogen) atoms. The van der Waals surface area contributed by atoms with Crippen LogP contribution in [0.15, 0.2) is 0 Å². The van der Waals surface area contributed by atoms with Gasteiger partial charge in [0.1, 0.15) is 0 Å². The van der Waals surface area contributed by atoms with Crippen molar-refractivity contribution in [1.29, 1.82) is 0 Å². The monoisotopic (exact) mass is 243 g/mol. The molecule has 1 aliphatic heterocycles. The van der Waals surface area contributed by atoms with Gasteiger partial charge in [0.15, 0.2) is 5.79 Å². The summed E-state index contributed by atoms with van der Waals surface area (Å²) in [5, 5.41) is 0. The Hall–Kier alpha value is 0.120. The topological polar surface area (TPSA) is 55.8 Å². The van der Waals surface area contributed by atoms with E-state index in [1.807, 2.05) is 0 Å². The lowest BCUT2D eigenvalue weighted by molar-refractivity contribution is -0.223. The molecule has 1 aliphatic rings. The van der Waals surface area contributed by atoms with Gasteiger partial charge in [0.25, 0.3) is 9.24 Å². The number of halogens is 1. The summed E-state index contributed by atoms with van der Waals surface area (Å²) in [7, 11) is 4.56. The van der Waals surface area contributed by atoms with Crippen LogP contribution in [0.25, 0.3) is 0 Å². The third kappa shape index (κ3) is 2.58. The van der Waals surface area contributed by atoms with E-state index in [0.717, 1.165) is 4.31 Å². The zero-order chi connectivity index (χ0) is 10.8. The quantitative estimate of drug-likeness (QED) is 0.537. The first-order valence-electron chi connectivity index (χ1n) is 4.23. The van der Waals surface area contributed by atoms with Crippen LogP contribution in [0.2, 0.25) is 0 Å². The second kappa shape index (κ2) is 4.32. The van der Waals surface area contributed by atoms with Crippen molar-refractivity contribution < 1.29 is 17.9 Å². The second-order valence-electron chi connectivity index (χ2n) is 3.20. The van der Waals surface area contributed by atoms with Gasteiger partial charge in [-0.1, -0.05) is 0 Å². The molecule has 0 bridgehead atoms. The van der Waals surface area contributed by atoms with E-state index >= 15 is 0 Å². The van der Waals surface area contributed by atoms with E-state index in [1.54, 1.807) is 0 Å². The van der Waals surface area contributed by atoms with Gasteiger partial charge in [-0.2, -0.15) is 12.7 Å². The van der Waals surface area contributed by atoms with E-state index in [0.29, 0.717) is 19.4 Å². The molecule has 0 aromatic carbocycles. The zero-order valence-electron chi connectivity index (χ0n) is 8.19. The van der Waals surface area contributed by atoms with Crippen LogP contribution < -0.4 is 0 Å². The van der Waals surface area contributed by atoms with Crippen LogP contribution in [0.4, 0.5) is 0 Å². The highest BCUT2D eigenvalue weighted by atomic mass is 35.7. The summed E-state index contributed by atoms with van der Waals surface area (Å²) in [5.41, 5.74) is 0. The smallest absolute Gasteiger partial charge is 0.299 e. The predicted molar refractivity (Wildman–Crippen MR) is 52.3 cm³/mol. The molecule has 0 spiro atoms. The lowest BCUT2D eigenvalue weighted by Gasteiger charge is -2.38. The number of piperidine rings is 1. The molecule has 7 heteroatoms. The van der Waals surface area contributed by atoms with E-state index in [4.69, 9.17) is 20.2 Å². The number of ether oxygens (including phenoxy) is 2. The van der Waals surface area contributed by atoms with Crippen LogP contribution in [0, 0.1) is 0 Å². The Morgan fingerprint density at radius 1 is 1.36 bits per heavy atom. The van der Waals surface area contributed by atoms with Gasteiger partial charge in [-0.05, 0) is 6.42 Å². The number of hydrogen-bond donors (Lipinski definition) is 0. The van der Waals surface area contributed by atoms with Gasteiger partial charge in [0, 0.05) is 37.9 Å². The molecule has 0 N–H and O–H groups in total. The van der Waals surface area contributed by atoms with Crippen molar-refractivity contribution in [3.8, 4) is 0 Å². The molecule has 1 fully saturated rings. The molecule has 0 radical (unpaired) electrons. The standard InChI is InChI=1S/C7H14ClNO4S/c1-12-7(13-2)4-3-5-9(6-7)14(8,10)11/h3-6H2,1-2H3. The first kappa shape index (κ1) is 12.2. The predicted octanol–water partition coefficient (Wildman–Crippen LogP) is 0.555. The van der Waals surface area contributed by atoms with E-state index in [9.17, 15) is 8.42 Å². The van der Waals surface area contributed by atoms with Crippen LogP contribution in [0.5, 0.6) is 0 Å². The van der Waals surface area contributed by atoms with Crippen LogP contribution in [-0.2, 0) is 18.7 Å². The minimum Gasteiger partial charge on any atom is -0.352 e. The molecule has 0 aliphatic carbocycles. The van der Waals surface area contributed by atoms with Crippen molar-refractivity contribution in [3.05, 3.63) is 0 Å². The molecule has 1 saturated heterocycles. The Balaban J connectivity index is 2.78. The molecule has 0 aromatic rings. The van der Waals surface area contributed by atoms with Crippen LogP contribution in [0.3, 0.4) is 0 Å². The number of hydrogen-bond acceptors (Lipinski definition) is 4. The Labute approximate surface area is 88.5 Å². The Kier molecular flexibility index (Phi) is 3.76. The fourth-order valence-electron chi connectivity index (χ4n) is 1.55. The SMILES string of the molecule is COC1(OC)CCCN(S(=O)(=O)Cl)C1. The van der Waals surface area contributed by atoms with Crippen molar-refractivity contribution in [2.24, 2.45) is 0 Å². The van der Waals surface area contributed by atoms with Gasteiger partial charge in [-0.3, -0.25) is 0 Å². The van der Waals surface area contributed by atoms with Crippen molar-refractivity contribution >= 4 is 19.9 Å². The average Bonchev–Trinajstić information content (AvgIpc) is 2.16. The maximum Gasteiger partial charge on any atom is 0.299 e. The van der Waals surface area contributed by atoms with Crippen molar-refractivity contribution in [2.75, 3.05) is 27.3 Å². The molecule has 84 valence electrons. The van der Waals surface area contributed by atoms with Gasteiger partial charge < -0.3 is 9.47 Å². The van der Waals surface area contributed by atoms with E-state index in [1.165, 1.54) is 14.2 Å². The molecular weight excluding hydrogens is 230 g/mol. The van der Waals surface area contributed by atoms with Crippen LogP contribution in [0.1, 0.15) is 12.8 Å².